The number of alkyl carbamates (subject to hydrolysis) is 1. The summed E-state index contributed by atoms with van der Waals surface area (Å²) in [5.74, 6) is 0. The molecule has 2 aromatic rings. The maximum atomic E-state index is 12.2. The van der Waals surface area contributed by atoms with Crippen molar-refractivity contribution >= 4 is 32.9 Å². The Morgan fingerprint density at radius 1 is 1.32 bits per heavy atom. The predicted octanol–water partition coefficient (Wildman–Crippen LogP) is 3.88. The van der Waals surface area contributed by atoms with Crippen LogP contribution in [0.3, 0.4) is 0 Å². The van der Waals surface area contributed by atoms with E-state index in [2.05, 4.69) is 26.2 Å². The van der Waals surface area contributed by atoms with Crippen LogP contribution in [0.15, 0.2) is 33.5 Å². The Morgan fingerprint density at radius 2 is 2.00 bits per heavy atom. The number of hydrogen-bond acceptors (Lipinski definition) is 3. The fourth-order valence-electron chi connectivity index (χ4n) is 2.08. The molecule has 0 aliphatic rings. The van der Waals surface area contributed by atoms with Crippen LogP contribution in [-0.4, -0.2) is 16.7 Å². The van der Waals surface area contributed by atoms with E-state index in [9.17, 15) is 9.59 Å². The predicted molar refractivity (Wildman–Crippen MR) is 90.1 cm³/mol. The van der Waals surface area contributed by atoms with Gasteiger partial charge in [0.05, 0.1) is 6.04 Å². The molecule has 0 aliphatic carbocycles. The number of halogens is 1. The summed E-state index contributed by atoms with van der Waals surface area (Å²) in [6, 6.07) is 6.93. The molecule has 5 nitrogen and oxygen atoms in total. The van der Waals surface area contributed by atoms with Gasteiger partial charge < -0.3 is 15.0 Å². The average Bonchev–Trinajstić information content (AvgIpc) is 2.35. The molecule has 0 fully saturated rings. The van der Waals surface area contributed by atoms with E-state index in [1.54, 1.807) is 33.8 Å². The number of hydrogen-bond donors (Lipinski definition) is 2. The Labute approximate surface area is 137 Å². The molecule has 1 aromatic carbocycles. The average molecular weight is 367 g/mol. The Balaban J connectivity index is 2.27. The second-order valence-electron chi connectivity index (χ2n) is 6.15. The van der Waals surface area contributed by atoms with Crippen LogP contribution in [0.25, 0.3) is 10.9 Å². The van der Waals surface area contributed by atoms with Gasteiger partial charge in [0, 0.05) is 15.6 Å². The zero-order valence-electron chi connectivity index (χ0n) is 13.0. The number of benzene rings is 1. The topological polar surface area (TPSA) is 71.2 Å². The number of pyridine rings is 1. The minimum Gasteiger partial charge on any atom is -0.444 e. The van der Waals surface area contributed by atoms with Gasteiger partial charge in [0.15, 0.2) is 0 Å². The summed E-state index contributed by atoms with van der Waals surface area (Å²) in [5, 5.41) is 3.57. The molecule has 1 unspecified atom stereocenters. The molecule has 0 saturated carbocycles. The molecule has 118 valence electrons. The fourth-order valence-corrected chi connectivity index (χ4v) is 2.46. The van der Waals surface area contributed by atoms with Crippen molar-refractivity contribution in [1.82, 2.24) is 10.3 Å². The van der Waals surface area contributed by atoms with Gasteiger partial charge in [0.2, 0.25) is 0 Å². The van der Waals surface area contributed by atoms with Crippen molar-refractivity contribution < 1.29 is 9.53 Å². The molecule has 1 atom stereocenters. The van der Waals surface area contributed by atoms with Crippen molar-refractivity contribution in [3.8, 4) is 0 Å². The van der Waals surface area contributed by atoms with Crippen LogP contribution in [0.5, 0.6) is 0 Å². The van der Waals surface area contributed by atoms with Crippen LogP contribution in [0, 0.1) is 0 Å². The number of nitrogens with one attached hydrogen (secondary N) is 2. The normalized spacial score (nSPS) is 13.0. The largest absolute Gasteiger partial charge is 0.444 e. The zero-order chi connectivity index (χ0) is 16.5. The Bertz CT molecular complexity index is 762. The minimum atomic E-state index is -0.579. The molecule has 1 heterocycles. The van der Waals surface area contributed by atoms with Gasteiger partial charge in [0.25, 0.3) is 5.56 Å². The van der Waals surface area contributed by atoms with Gasteiger partial charge in [-0.05, 0) is 57.3 Å². The van der Waals surface area contributed by atoms with E-state index in [1.165, 1.54) is 0 Å². The monoisotopic (exact) mass is 366 g/mol. The minimum absolute atomic E-state index is 0.224. The SMILES string of the molecule is CC(NC(=O)OC(C)(C)C)c1cc2cc(Br)ccc2[nH]c1=O. The van der Waals surface area contributed by atoms with Crippen molar-refractivity contribution in [2.45, 2.75) is 39.3 Å². The van der Waals surface area contributed by atoms with E-state index in [0.29, 0.717) is 5.56 Å². The van der Waals surface area contributed by atoms with Crippen LogP contribution in [0.1, 0.15) is 39.3 Å². The first-order chi connectivity index (χ1) is 10.2. The number of H-pyrrole nitrogens is 1. The standard InChI is InChI=1S/C16H19BrN2O3/c1-9(18-15(21)22-16(2,3)4)12-8-10-7-11(17)5-6-13(10)19-14(12)20/h5-9H,1-4H3,(H,18,21)(H,19,20). The van der Waals surface area contributed by atoms with E-state index < -0.39 is 17.7 Å². The number of aromatic amines is 1. The van der Waals surface area contributed by atoms with Crippen molar-refractivity contribution in [1.29, 1.82) is 0 Å². The lowest BCUT2D eigenvalue weighted by Gasteiger charge is -2.22. The van der Waals surface area contributed by atoms with Gasteiger partial charge in [0.1, 0.15) is 5.60 Å². The molecule has 1 aromatic heterocycles. The van der Waals surface area contributed by atoms with Crippen LogP contribution < -0.4 is 10.9 Å². The van der Waals surface area contributed by atoms with E-state index >= 15 is 0 Å². The first-order valence-electron chi connectivity index (χ1n) is 6.98. The van der Waals surface area contributed by atoms with Crippen LogP contribution in [-0.2, 0) is 4.74 Å². The molecule has 0 spiro atoms. The van der Waals surface area contributed by atoms with E-state index in [0.717, 1.165) is 15.4 Å². The Morgan fingerprint density at radius 3 is 2.64 bits per heavy atom. The summed E-state index contributed by atoms with van der Waals surface area (Å²) in [4.78, 5) is 26.8. The van der Waals surface area contributed by atoms with Crippen molar-refractivity contribution in [2.24, 2.45) is 0 Å². The summed E-state index contributed by atoms with van der Waals surface area (Å²) < 4.78 is 6.13. The molecular weight excluding hydrogens is 348 g/mol. The second-order valence-corrected chi connectivity index (χ2v) is 7.07. The maximum Gasteiger partial charge on any atom is 0.408 e. The van der Waals surface area contributed by atoms with Crippen molar-refractivity contribution in [2.75, 3.05) is 0 Å². The quantitative estimate of drug-likeness (QED) is 0.846. The highest BCUT2D eigenvalue weighted by Gasteiger charge is 2.19. The van der Waals surface area contributed by atoms with Crippen molar-refractivity contribution in [3.63, 3.8) is 0 Å². The summed E-state index contributed by atoms with van der Waals surface area (Å²) in [7, 11) is 0. The van der Waals surface area contributed by atoms with Gasteiger partial charge in [-0.3, -0.25) is 4.79 Å². The number of amides is 1. The summed E-state index contributed by atoms with van der Waals surface area (Å²) in [6.07, 6.45) is -0.547. The molecule has 0 saturated heterocycles. The highest BCUT2D eigenvalue weighted by molar-refractivity contribution is 9.10. The van der Waals surface area contributed by atoms with Gasteiger partial charge >= 0.3 is 6.09 Å². The van der Waals surface area contributed by atoms with Gasteiger partial charge in [-0.1, -0.05) is 15.9 Å². The lowest BCUT2D eigenvalue weighted by Crippen LogP contribution is -2.35. The zero-order valence-corrected chi connectivity index (χ0v) is 14.6. The highest BCUT2D eigenvalue weighted by Crippen LogP contribution is 2.20. The number of aromatic nitrogens is 1. The van der Waals surface area contributed by atoms with Gasteiger partial charge in [-0.25, -0.2) is 4.79 Å². The number of carbonyl (C=O) groups is 1. The number of rotatable bonds is 2. The summed E-state index contributed by atoms with van der Waals surface area (Å²) >= 11 is 3.40. The third-order valence-electron chi connectivity index (χ3n) is 3.03. The molecule has 0 radical (unpaired) electrons. The molecular formula is C16H19BrN2O3. The van der Waals surface area contributed by atoms with Gasteiger partial charge in [-0.15, -0.1) is 0 Å². The summed E-state index contributed by atoms with van der Waals surface area (Å²) in [6.45, 7) is 7.12. The molecule has 2 N–H and O–H groups in total. The second kappa shape index (κ2) is 6.12. The Kier molecular flexibility index (Phi) is 4.60. The molecule has 2 rings (SSSR count). The summed E-state index contributed by atoms with van der Waals surface area (Å²) in [5.41, 5.74) is 0.432. The molecule has 22 heavy (non-hydrogen) atoms. The molecule has 0 aliphatic heterocycles. The number of fused-ring (bicyclic) bond motifs is 1. The number of ether oxygens (including phenoxy) is 1. The van der Waals surface area contributed by atoms with Crippen molar-refractivity contribution in [3.05, 3.63) is 44.7 Å². The van der Waals surface area contributed by atoms with E-state index in [-0.39, 0.29) is 5.56 Å². The van der Waals surface area contributed by atoms with E-state index in [4.69, 9.17) is 4.74 Å². The van der Waals surface area contributed by atoms with E-state index in [1.807, 2.05) is 18.2 Å². The molecule has 1 amide bonds. The van der Waals surface area contributed by atoms with Gasteiger partial charge in [-0.2, -0.15) is 0 Å². The fraction of sp³-hybridized carbons (Fsp3) is 0.375. The number of carbonyl (C=O) groups excluding carboxylic acids is 1. The molecule has 0 bridgehead atoms. The first kappa shape index (κ1) is 16.5. The Hall–Kier alpha value is -1.82. The molecule has 6 heteroatoms. The lowest BCUT2D eigenvalue weighted by atomic mass is 10.1. The third-order valence-corrected chi connectivity index (χ3v) is 3.53. The third kappa shape index (κ3) is 4.10. The van der Waals surface area contributed by atoms with Crippen LogP contribution in [0.4, 0.5) is 4.79 Å². The smallest absolute Gasteiger partial charge is 0.408 e. The van der Waals surface area contributed by atoms with Crippen LogP contribution >= 0.6 is 15.9 Å². The first-order valence-corrected chi connectivity index (χ1v) is 7.77. The maximum absolute atomic E-state index is 12.2. The highest BCUT2D eigenvalue weighted by atomic mass is 79.9. The van der Waals surface area contributed by atoms with Crippen LogP contribution in [0.2, 0.25) is 0 Å². The lowest BCUT2D eigenvalue weighted by molar-refractivity contribution is 0.0507.